The van der Waals surface area contributed by atoms with Crippen molar-refractivity contribution < 1.29 is 19.1 Å². The highest BCUT2D eigenvalue weighted by molar-refractivity contribution is 5.80. The van der Waals surface area contributed by atoms with Crippen LogP contribution in [-0.2, 0) is 4.79 Å². The van der Waals surface area contributed by atoms with Gasteiger partial charge < -0.3 is 14.4 Å². The predicted molar refractivity (Wildman–Crippen MR) is 47.5 cm³/mol. The van der Waals surface area contributed by atoms with Crippen LogP contribution in [0.5, 0.6) is 0 Å². The van der Waals surface area contributed by atoms with Crippen LogP contribution >= 0.6 is 0 Å². The molecule has 1 N–H and O–H groups in total. The number of carbonyl (C=O) groups is 2. The highest BCUT2D eigenvalue weighted by atomic mass is 16.4. The average Bonchev–Trinajstić information content (AvgIpc) is 2.49. The first-order chi connectivity index (χ1) is 6.72. The highest BCUT2D eigenvalue weighted by Crippen LogP contribution is 2.27. The summed E-state index contributed by atoms with van der Waals surface area (Å²) in [5, 5.41) is 8.78. The molecule has 0 radical (unpaired) electrons. The van der Waals surface area contributed by atoms with Crippen LogP contribution in [0.2, 0.25) is 0 Å². The Morgan fingerprint density at radius 2 is 2.43 bits per heavy atom. The molecule has 0 bridgehead atoms. The SMILES string of the molecule is O=Cc1ccc(N2CCC2C(=O)O)o1. The number of aldehydes is 1. The molecule has 2 heterocycles. The van der Waals surface area contributed by atoms with Gasteiger partial charge in [0.1, 0.15) is 6.04 Å². The lowest BCUT2D eigenvalue weighted by atomic mass is 10.0. The van der Waals surface area contributed by atoms with Crippen molar-refractivity contribution in [3.8, 4) is 0 Å². The molecule has 1 aliphatic heterocycles. The fraction of sp³-hybridized carbons (Fsp3) is 0.333. The zero-order valence-corrected chi connectivity index (χ0v) is 7.34. The molecule has 0 amide bonds. The number of hydrogen-bond acceptors (Lipinski definition) is 4. The quantitative estimate of drug-likeness (QED) is 0.721. The second-order valence-corrected chi connectivity index (χ2v) is 3.13. The van der Waals surface area contributed by atoms with E-state index in [0.717, 1.165) is 0 Å². The summed E-state index contributed by atoms with van der Waals surface area (Å²) < 4.78 is 5.11. The zero-order valence-electron chi connectivity index (χ0n) is 7.34. The van der Waals surface area contributed by atoms with Gasteiger partial charge in [0.15, 0.2) is 17.9 Å². The van der Waals surface area contributed by atoms with E-state index in [9.17, 15) is 9.59 Å². The van der Waals surface area contributed by atoms with E-state index >= 15 is 0 Å². The smallest absolute Gasteiger partial charge is 0.326 e. The Balaban J connectivity index is 2.15. The van der Waals surface area contributed by atoms with Gasteiger partial charge in [-0.05, 0) is 12.5 Å². The summed E-state index contributed by atoms with van der Waals surface area (Å²) >= 11 is 0. The fourth-order valence-electron chi connectivity index (χ4n) is 1.47. The van der Waals surface area contributed by atoms with Crippen LogP contribution in [0.15, 0.2) is 16.5 Å². The van der Waals surface area contributed by atoms with E-state index in [1.807, 2.05) is 0 Å². The Morgan fingerprint density at radius 3 is 2.86 bits per heavy atom. The molecule has 0 saturated carbocycles. The Labute approximate surface area is 79.9 Å². The number of rotatable bonds is 3. The van der Waals surface area contributed by atoms with Crippen molar-refractivity contribution in [3.63, 3.8) is 0 Å². The van der Waals surface area contributed by atoms with E-state index < -0.39 is 12.0 Å². The number of carboxylic acid groups (broad SMARTS) is 1. The molecule has 1 fully saturated rings. The van der Waals surface area contributed by atoms with Crippen molar-refractivity contribution >= 4 is 18.1 Å². The number of aliphatic carboxylic acids is 1. The van der Waals surface area contributed by atoms with Gasteiger partial charge in [-0.3, -0.25) is 4.79 Å². The van der Waals surface area contributed by atoms with Gasteiger partial charge in [-0.25, -0.2) is 4.79 Å². The van der Waals surface area contributed by atoms with Crippen molar-refractivity contribution in [2.24, 2.45) is 0 Å². The number of anilines is 1. The van der Waals surface area contributed by atoms with Crippen LogP contribution in [0.4, 0.5) is 5.88 Å². The van der Waals surface area contributed by atoms with Crippen LogP contribution in [0.1, 0.15) is 17.0 Å². The Morgan fingerprint density at radius 1 is 1.64 bits per heavy atom. The predicted octanol–water partition coefficient (Wildman–Crippen LogP) is 0.755. The molecule has 1 unspecified atom stereocenters. The fourth-order valence-corrected chi connectivity index (χ4v) is 1.47. The molecule has 5 heteroatoms. The summed E-state index contributed by atoms with van der Waals surface area (Å²) in [7, 11) is 0. The second kappa shape index (κ2) is 3.17. The van der Waals surface area contributed by atoms with Gasteiger partial charge in [-0.2, -0.15) is 0 Å². The van der Waals surface area contributed by atoms with E-state index in [-0.39, 0.29) is 5.76 Å². The summed E-state index contributed by atoms with van der Waals surface area (Å²) in [6, 6.07) is 2.62. The largest absolute Gasteiger partial charge is 0.480 e. The van der Waals surface area contributed by atoms with Crippen LogP contribution in [0, 0.1) is 0 Å². The third-order valence-corrected chi connectivity index (χ3v) is 2.32. The standard InChI is InChI=1S/C9H9NO4/c11-5-6-1-2-8(14-6)10-4-3-7(10)9(12)13/h1-2,5,7H,3-4H2,(H,12,13). The number of carbonyl (C=O) groups excluding carboxylic acids is 1. The first kappa shape index (κ1) is 8.80. The minimum atomic E-state index is -0.861. The van der Waals surface area contributed by atoms with E-state index in [2.05, 4.69) is 0 Å². The first-order valence-corrected chi connectivity index (χ1v) is 4.27. The van der Waals surface area contributed by atoms with Gasteiger partial charge in [-0.15, -0.1) is 0 Å². The average molecular weight is 195 g/mol. The molecule has 1 aromatic heterocycles. The maximum atomic E-state index is 10.7. The number of nitrogens with zero attached hydrogens (tertiary/aromatic N) is 1. The van der Waals surface area contributed by atoms with E-state index in [1.165, 1.54) is 6.07 Å². The summed E-state index contributed by atoms with van der Waals surface area (Å²) in [4.78, 5) is 22.6. The molecule has 2 rings (SSSR count). The molecular formula is C9H9NO4. The molecular weight excluding hydrogens is 186 g/mol. The van der Waals surface area contributed by atoms with Crippen molar-refractivity contribution in [3.05, 3.63) is 17.9 Å². The lowest BCUT2D eigenvalue weighted by Gasteiger charge is -2.37. The molecule has 0 aliphatic carbocycles. The number of carboxylic acids is 1. The molecule has 1 saturated heterocycles. The van der Waals surface area contributed by atoms with Crippen LogP contribution in [0.3, 0.4) is 0 Å². The maximum absolute atomic E-state index is 10.7. The number of furan rings is 1. The lowest BCUT2D eigenvalue weighted by molar-refractivity contribution is -0.140. The van der Waals surface area contributed by atoms with Crippen molar-refractivity contribution in [2.45, 2.75) is 12.5 Å². The van der Waals surface area contributed by atoms with Crippen LogP contribution < -0.4 is 4.90 Å². The first-order valence-electron chi connectivity index (χ1n) is 4.27. The Hall–Kier alpha value is -1.78. The van der Waals surface area contributed by atoms with Gasteiger partial charge in [0, 0.05) is 12.6 Å². The Kier molecular flexibility index (Phi) is 1.99. The number of hydrogen-bond donors (Lipinski definition) is 1. The summed E-state index contributed by atoms with van der Waals surface area (Å²) in [6.07, 6.45) is 1.21. The zero-order chi connectivity index (χ0) is 10.1. The second-order valence-electron chi connectivity index (χ2n) is 3.13. The van der Waals surface area contributed by atoms with E-state index in [0.29, 0.717) is 25.1 Å². The minimum Gasteiger partial charge on any atom is -0.480 e. The normalized spacial score (nSPS) is 20.3. The monoisotopic (exact) mass is 195 g/mol. The third-order valence-electron chi connectivity index (χ3n) is 2.32. The van der Waals surface area contributed by atoms with E-state index in [4.69, 9.17) is 9.52 Å². The van der Waals surface area contributed by atoms with Crippen molar-refractivity contribution in [2.75, 3.05) is 11.4 Å². The summed E-state index contributed by atoms with van der Waals surface area (Å²) in [5.74, 6) is -0.193. The van der Waals surface area contributed by atoms with Crippen LogP contribution in [0.25, 0.3) is 0 Å². The third kappa shape index (κ3) is 1.26. The van der Waals surface area contributed by atoms with E-state index in [1.54, 1.807) is 11.0 Å². The van der Waals surface area contributed by atoms with Gasteiger partial charge in [0.05, 0.1) is 0 Å². The van der Waals surface area contributed by atoms with Crippen molar-refractivity contribution in [1.82, 2.24) is 0 Å². The highest BCUT2D eigenvalue weighted by Gasteiger charge is 2.35. The molecule has 5 nitrogen and oxygen atoms in total. The molecule has 0 spiro atoms. The maximum Gasteiger partial charge on any atom is 0.326 e. The molecule has 0 aromatic carbocycles. The molecule has 1 aliphatic rings. The van der Waals surface area contributed by atoms with Crippen LogP contribution in [-0.4, -0.2) is 29.9 Å². The topological polar surface area (TPSA) is 70.8 Å². The summed E-state index contributed by atoms with van der Waals surface area (Å²) in [5.41, 5.74) is 0. The lowest BCUT2D eigenvalue weighted by Crippen LogP contribution is -2.52. The van der Waals surface area contributed by atoms with Gasteiger partial charge in [0.2, 0.25) is 0 Å². The molecule has 74 valence electrons. The molecule has 1 atom stereocenters. The van der Waals surface area contributed by atoms with Gasteiger partial charge in [-0.1, -0.05) is 0 Å². The summed E-state index contributed by atoms with van der Waals surface area (Å²) in [6.45, 7) is 0.656. The van der Waals surface area contributed by atoms with Gasteiger partial charge in [0.25, 0.3) is 0 Å². The molecule has 14 heavy (non-hydrogen) atoms. The Bertz CT molecular complexity index is 371. The minimum absolute atomic E-state index is 0.219. The van der Waals surface area contributed by atoms with Crippen molar-refractivity contribution in [1.29, 1.82) is 0 Å². The van der Waals surface area contributed by atoms with Gasteiger partial charge >= 0.3 is 5.97 Å². The molecule has 1 aromatic rings.